The van der Waals surface area contributed by atoms with Gasteiger partial charge in [-0.05, 0) is 58.7 Å². The number of nitrogens with one attached hydrogen (secondary N) is 2. The third-order valence-electron chi connectivity index (χ3n) is 4.66. The number of hydrogen-bond acceptors (Lipinski definition) is 6. The molecule has 2 N–H and O–H groups in total. The number of benzene rings is 3. The Balaban J connectivity index is 1.36. The quantitative estimate of drug-likeness (QED) is 0.301. The zero-order valence-corrected chi connectivity index (χ0v) is 19.6. The van der Waals surface area contributed by atoms with Gasteiger partial charge in [-0.15, -0.1) is 0 Å². The van der Waals surface area contributed by atoms with Crippen molar-refractivity contribution in [2.45, 2.75) is 0 Å². The van der Waals surface area contributed by atoms with E-state index in [-0.39, 0.29) is 13.2 Å². The van der Waals surface area contributed by atoms with Gasteiger partial charge < -0.3 is 9.47 Å². The second-order valence-electron chi connectivity index (χ2n) is 7.38. The molecule has 3 rings (SSSR count). The molecule has 182 valence electrons. The normalized spacial score (nSPS) is 10.7. The fourth-order valence-corrected chi connectivity index (χ4v) is 2.88. The standard InChI is InChI=1S/C28H26N4O4/c1-3-21-7-5-9-23(15-21)17-29-31-27(33)19-35-25-11-13-26(14-12-25)36-20-28(34)32-30-18-24-10-6-8-22(4-2)16-24/h3-18H,1-2,19-20H2,(H,31,33)(H,32,34). The lowest BCUT2D eigenvalue weighted by molar-refractivity contribution is -0.123. The van der Waals surface area contributed by atoms with Crippen molar-refractivity contribution in [3.8, 4) is 11.5 Å². The molecule has 8 heteroatoms. The average Bonchev–Trinajstić information content (AvgIpc) is 2.91. The molecule has 0 aliphatic heterocycles. The van der Waals surface area contributed by atoms with E-state index in [4.69, 9.17) is 9.47 Å². The fraction of sp³-hybridized carbons (Fsp3) is 0.0714. The lowest BCUT2D eigenvalue weighted by atomic mass is 10.1. The molecule has 0 fully saturated rings. The van der Waals surface area contributed by atoms with E-state index in [1.54, 1.807) is 48.8 Å². The van der Waals surface area contributed by atoms with Crippen molar-refractivity contribution >= 4 is 36.4 Å². The number of amides is 2. The van der Waals surface area contributed by atoms with Crippen LogP contribution >= 0.6 is 0 Å². The molecule has 0 aliphatic carbocycles. The van der Waals surface area contributed by atoms with E-state index in [1.807, 2.05) is 48.5 Å². The summed E-state index contributed by atoms with van der Waals surface area (Å²) < 4.78 is 10.9. The zero-order chi connectivity index (χ0) is 25.6. The summed E-state index contributed by atoms with van der Waals surface area (Å²) in [5, 5.41) is 7.84. The zero-order valence-electron chi connectivity index (χ0n) is 19.6. The van der Waals surface area contributed by atoms with Crippen molar-refractivity contribution in [2.75, 3.05) is 13.2 Å². The lowest BCUT2D eigenvalue weighted by Crippen LogP contribution is -2.25. The molecule has 0 heterocycles. The van der Waals surface area contributed by atoms with Gasteiger partial charge in [0.05, 0.1) is 12.4 Å². The molecule has 0 bridgehead atoms. The Morgan fingerprint density at radius 3 is 1.44 bits per heavy atom. The van der Waals surface area contributed by atoms with Crippen molar-refractivity contribution in [3.63, 3.8) is 0 Å². The molecule has 0 saturated carbocycles. The molecule has 3 aromatic carbocycles. The van der Waals surface area contributed by atoms with Crippen molar-refractivity contribution in [1.29, 1.82) is 0 Å². The Labute approximate surface area is 209 Å². The van der Waals surface area contributed by atoms with E-state index in [1.165, 1.54) is 0 Å². The van der Waals surface area contributed by atoms with Crippen LogP contribution in [0.4, 0.5) is 0 Å². The number of hydrogen-bond donors (Lipinski definition) is 2. The van der Waals surface area contributed by atoms with Gasteiger partial charge in [0.25, 0.3) is 11.8 Å². The topological polar surface area (TPSA) is 101 Å². The highest BCUT2D eigenvalue weighted by atomic mass is 16.5. The van der Waals surface area contributed by atoms with Crippen LogP contribution in [0.15, 0.2) is 96.2 Å². The summed E-state index contributed by atoms with van der Waals surface area (Å²) in [5.74, 6) is 0.131. The Morgan fingerprint density at radius 1 is 0.667 bits per heavy atom. The summed E-state index contributed by atoms with van der Waals surface area (Å²) in [6, 6.07) is 21.6. The summed E-state index contributed by atoms with van der Waals surface area (Å²) in [4.78, 5) is 23.9. The summed E-state index contributed by atoms with van der Waals surface area (Å²) in [6.45, 7) is 7.02. The Bertz CT molecular complexity index is 1170. The van der Waals surface area contributed by atoms with Gasteiger partial charge in [-0.1, -0.05) is 61.7 Å². The number of ether oxygens (including phenoxy) is 2. The second kappa shape index (κ2) is 13.7. The monoisotopic (exact) mass is 482 g/mol. The molecule has 2 amide bonds. The molecule has 0 spiro atoms. The van der Waals surface area contributed by atoms with Crippen LogP contribution in [0.2, 0.25) is 0 Å². The molecular formula is C28H26N4O4. The van der Waals surface area contributed by atoms with Gasteiger partial charge in [-0.3, -0.25) is 9.59 Å². The molecule has 0 atom stereocenters. The van der Waals surface area contributed by atoms with E-state index in [2.05, 4.69) is 34.2 Å². The maximum absolute atomic E-state index is 11.9. The van der Waals surface area contributed by atoms with Crippen LogP contribution in [0.1, 0.15) is 22.3 Å². The average molecular weight is 483 g/mol. The highest BCUT2D eigenvalue weighted by Gasteiger charge is 2.04. The largest absolute Gasteiger partial charge is 0.484 e. The molecule has 0 saturated heterocycles. The minimum atomic E-state index is -0.403. The lowest BCUT2D eigenvalue weighted by Gasteiger charge is -2.08. The first-order valence-corrected chi connectivity index (χ1v) is 11.0. The number of rotatable bonds is 12. The van der Waals surface area contributed by atoms with E-state index in [0.717, 1.165) is 22.3 Å². The number of carbonyl (C=O) groups is 2. The SMILES string of the molecule is C=Cc1cccc(C=NNC(=O)COc2ccc(OCC(=O)NN=Cc3cccc(C=C)c3)cc2)c1. The van der Waals surface area contributed by atoms with Gasteiger partial charge in [0.15, 0.2) is 13.2 Å². The molecule has 3 aromatic rings. The maximum Gasteiger partial charge on any atom is 0.277 e. The third kappa shape index (κ3) is 8.75. The first kappa shape index (κ1) is 25.6. The predicted molar refractivity (Wildman–Crippen MR) is 142 cm³/mol. The van der Waals surface area contributed by atoms with E-state index in [0.29, 0.717) is 11.5 Å². The van der Waals surface area contributed by atoms with Crippen LogP contribution in [0.25, 0.3) is 12.2 Å². The van der Waals surface area contributed by atoms with Crippen LogP contribution < -0.4 is 20.3 Å². The van der Waals surface area contributed by atoms with E-state index >= 15 is 0 Å². The highest BCUT2D eigenvalue weighted by molar-refractivity contribution is 5.84. The highest BCUT2D eigenvalue weighted by Crippen LogP contribution is 2.17. The van der Waals surface area contributed by atoms with Crippen molar-refractivity contribution in [2.24, 2.45) is 10.2 Å². The van der Waals surface area contributed by atoms with Crippen LogP contribution in [0, 0.1) is 0 Å². The van der Waals surface area contributed by atoms with E-state index < -0.39 is 11.8 Å². The van der Waals surface area contributed by atoms with Gasteiger partial charge in [0.2, 0.25) is 0 Å². The molecule has 0 radical (unpaired) electrons. The summed E-state index contributed by atoms with van der Waals surface area (Å²) in [6.07, 6.45) is 6.54. The minimum Gasteiger partial charge on any atom is -0.484 e. The molecule has 0 aliphatic rings. The summed E-state index contributed by atoms with van der Waals surface area (Å²) >= 11 is 0. The molecule has 0 aromatic heterocycles. The van der Waals surface area contributed by atoms with Crippen molar-refractivity contribution in [3.05, 3.63) is 108 Å². The van der Waals surface area contributed by atoms with Crippen molar-refractivity contribution < 1.29 is 19.1 Å². The van der Waals surface area contributed by atoms with Gasteiger partial charge in [-0.2, -0.15) is 10.2 Å². The van der Waals surface area contributed by atoms with Crippen LogP contribution in [0.5, 0.6) is 11.5 Å². The van der Waals surface area contributed by atoms with Gasteiger partial charge in [0.1, 0.15) is 11.5 Å². The molecule has 8 nitrogen and oxygen atoms in total. The minimum absolute atomic E-state index is 0.208. The van der Waals surface area contributed by atoms with Gasteiger partial charge in [-0.25, -0.2) is 10.9 Å². The van der Waals surface area contributed by atoms with Crippen LogP contribution in [-0.2, 0) is 9.59 Å². The number of nitrogens with zero attached hydrogens (tertiary/aromatic N) is 2. The number of hydrazone groups is 2. The Morgan fingerprint density at radius 2 is 1.06 bits per heavy atom. The summed E-state index contributed by atoms with van der Waals surface area (Å²) in [7, 11) is 0. The van der Waals surface area contributed by atoms with Gasteiger partial charge in [0, 0.05) is 0 Å². The van der Waals surface area contributed by atoms with Crippen molar-refractivity contribution in [1.82, 2.24) is 10.9 Å². The smallest absolute Gasteiger partial charge is 0.277 e. The molecular weight excluding hydrogens is 456 g/mol. The number of carbonyl (C=O) groups excluding carboxylic acids is 2. The third-order valence-corrected chi connectivity index (χ3v) is 4.66. The molecule has 0 unspecified atom stereocenters. The summed E-state index contributed by atoms with van der Waals surface area (Å²) in [5.41, 5.74) is 8.41. The fourth-order valence-electron chi connectivity index (χ4n) is 2.88. The van der Waals surface area contributed by atoms with E-state index in [9.17, 15) is 9.59 Å². The van der Waals surface area contributed by atoms with Gasteiger partial charge >= 0.3 is 0 Å². The predicted octanol–water partition coefficient (Wildman–Crippen LogP) is 4.03. The Hall–Kier alpha value is -4.98. The Kier molecular flexibility index (Phi) is 9.73. The first-order chi connectivity index (χ1) is 17.6. The maximum atomic E-state index is 11.9. The van der Waals surface area contributed by atoms with Crippen LogP contribution in [-0.4, -0.2) is 37.5 Å². The first-order valence-electron chi connectivity index (χ1n) is 11.0. The van der Waals surface area contributed by atoms with Crippen LogP contribution in [0.3, 0.4) is 0 Å². The molecule has 36 heavy (non-hydrogen) atoms. The second-order valence-corrected chi connectivity index (χ2v) is 7.38.